The van der Waals surface area contributed by atoms with Crippen LogP contribution < -0.4 is 0 Å². The van der Waals surface area contributed by atoms with Gasteiger partial charge in [-0.3, -0.25) is 19.5 Å². The lowest BCUT2D eigenvalue weighted by Gasteiger charge is -2.39. The fraction of sp³-hybridized carbons (Fsp3) is 0.536. The van der Waals surface area contributed by atoms with Gasteiger partial charge < -0.3 is 9.47 Å². The molecule has 39 heavy (non-hydrogen) atoms. The number of nitrogens with zero attached hydrogens (tertiary/aromatic N) is 4. The highest BCUT2D eigenvalue weighted by Crippen LogP contribution is 2.39. The Kier molecular flexibility index (Phi) is 10.0. The van der Waals surface area contributed by atoms with E-state index in [1.54, 1.807) is 54.6 Å². The van der Waals surface area contributed by atoms with Crippen LogP contribution in [0.1, 0.15) is 57.6 Å². The predicted octanol–water partition coefficient (Wildman–Crippen LogP) is 4.45. The normalized spacial score (nSPS) is 21.8. The van der Waals surface area contributed by atoms with E-state index in [2.05, 4.69) is 0 Å². The van der Waals surface area contributed by atoms with Gasteiger partial charge in [0.25, 0.3) is 0 Å². The first kappa shape index (κ1) is 29.1. The second-order valence-electron chi connectivity index (χ2n) is 9.81. The van der Waals surface area contributed by atoms with Gasteiger partial charge in [0.2, 0.25) is 0 Å². The van der Waals surface area contributed by atoms with Crippen LogP contribution in [0.3, 0.4) is 0 Å². The van der Waals surface area contributed by atoms with Crippen LogP contribution in [0.25, 0.3) is 0 Å². The van der Waals surface area contributed by atoms with Crippen LogP contribution in [0.2, 0.25) is 0 Å². The first-order valence-corrected chi connectivity index (χ1v) is 14.1. The number of hydrazine groups is 2. The zero-order valence-electron chi connectivity index (χ0n) is 22.5. The molecular formula is C28H37FN4O5S. The smallest absolute Gasteiger partial charge is 0.430 e. The molecule has 0 spiro atoms. The summed E-state index contributed by atoms with van der Waals surface area (Å²) in [6.07, 6.45) is 7.73. The number of likely N-dealkylation sites (tertiary alicyclic amines) is 1. The molecule has 1 saturated carbocycles. The highest BCUT2D eigenvalue weighted by atomic mass is 32.1. The summed E-state index contributed by atoms with van der Waals surface area (Å²) in [7, 11) is 0. The monoisotopic (exact) mass is 560 g/mol. The number of rotatable bonds is 11. The fourth-order valence-electron chi connectivity index (χ4n) is 4.90. The molecule has 9 nitrogen and oxygen atoms in total. The molecule has 212 valence electrons. The van der Waals surface area contributed by atoms with Crippen LogP contribution in [-0.2, 0) is 19.1 Å². The average Bonchev–Trinajstić information content (AvgIpc) is 3.69. The van der Waals surface area contributed by atoms with Gasteiger partial charge in [0, 0.05) is 61.4 Å². The Labute approximate surface area is 234 Å². The van der Waals surface area contributed by atoms with E-state index in [-0.39, 0.29) is 41.8 Å². The predicted molar refractivity (Wildman–Crippen MR) is 146 cm³/mol. The van der Waals surface area contributed by atoms with Gasteiger partial charge in [-0.1, -0.05) is 18.2 Å². The zero-order chi connectivity index (χ0) is 27.9. The molecule has 0 aromatic heterocycles. The number of thiol groups is 1. The number of esters is 1. The third-order valence-electron chi connectivity index (χ3n) is 6.99. The van der Waals surface area contributed by atoms with Crippen molar-refractivity contribution in [2.24, 2.45) is 5.92 Å². The second-order valence-corrected chi connectivity index (χ2v) is 10.4. The summed E-state index contributed by atoms with van der Waals surface area (Å²) in [5.41, 5.74) is 1.33. The summed E-state index contributed by atoms with van der Waals surface area (Å²) in [5.74, 6) is -0.636. The number of carbonyl (C=O) groups excluding carboxylic acids is 3. The summed E-state index contributed by atoms with van der Waals surface area (Å²) in [6, 6.07) is 5.84. The standard InChI is InChI=1S/C28H37FN4O5S/c1-3-37-25(34)10-7-14-33-31(16-17-32(33)28(36)38-4-2)19-21-18-30(15-13-24(21)39)26(27(35)20-11-12-20)22-8-5-6-9-23(22)29/h5-6,8-9,16-17,19-20,24,26,39H,3-4,7,10-15,18H2,1-2H3. The van der Waals surface area contributed by atoms with Crippen molar-refractivity contribution in [2.75, 3.05) is 32.8 Å². The van der Waals surface area contributed by atoms with Crippen molar-refractivity contribution in [3.8, 4) is 0 Å². The Hall–Kier alpha value is -2.89. The minimum Gasteiger partial charge on any atom is -0.466 e. The maximum absolute atomic E-state index is 14.9. The van der Waals surface area contributed by atoms with Gasteiger partial charge in [-0.2, -0.15) is 17.6 Å². The van der Waals surface area contributed by atoms with Gasteiger partial charge in [0.15, 0.2) is 5.78 Å². The van der Waals surface area contributed by atoms with Crippen molar-refractivity contribution >= 4 is 30.5 Å². The lowest BCUT2D eigenvalue weighted by molar-refractivity contribution is -0.143. The van der Waals surface area contributed by atoms with E-state index in [4.69, 9.17) is 22.1 Å². The van der Waals surface area contributed by atoms with Crippen molar-refractivity contribution < 1.29 is 28.2 Å². The molecule has 0 N–H and O–H groups in total. The number of amides is 1. The molecule has 0 radical (unpaired) electrons. The largest absolute Gasteiger partial charge is 0.466 e. The molecule has 2 atom stereocenters. The van der Waals surface area contributed by atoms with Gasteiger partial charge in [0.05, 0.1) is 19.3 Å². The van der Waals surface area contributed by atoms with Gasteiger partial charge >= 0.3 is 12.1 Å². The van der Waals surface area contributed by atoms with Crippen LogP contribution in [0.15, 0.2) is 48.4 Å². The molecule has 11 heteroatoms. The SMILES string of the molecule is CCOC(=O)CCCN1N(C=C2CN(C(C(=O)C3CC3)c3ccccc3F)CCC2S)C=CN1C(=O)OCC. The number of ether oxygens (including phenoxy) is 2. The molecule has 1 aromatic rings. The van der Waals surface area contributed by atoms with Gasteiger partial charge in [-0.05, 0) is 51.2 Å². The van der Waals surface area contributed by atoms with Gasteiger partial charge in [-0.15, -0.1) is 5.12 Å². The van der Waals surface area contributed by atoms with Crippen molar-refractivity contribution in [3.05, 3.63) is 59.8 Å². The van der Waals surface area contributed by atoms with E-state index in [0.29, 0.717) is 44.6 Å². The van der Waals surface area contributed by atoms with E-state index >= 15 is 0 Å². The van der Waals surface area contributed by atoms with E-state index < -0.39 is 12.1 Å². The number of Topliss-reactive ketones (excluding diaryl/α,β-unsaturated/α-hetero) is 1. The van der Waals surface area contributed by atoms with Crippen molar-refractivity contribution in [1.29, 1.82) is 0 Å². The molecular weight excluding hydrogens is 523 g/mol. The third-order valence-corrected chi connectivity index (χ3v) is 7.58. The summed E-state index contributed by atoms with van der Waals surface area (Å²) in [5, 5.41) is 4.74. The minimum atomic E-state index is -0.659. The lowest BCUT2D eigenvalue weighted by Crippen LogP contribution is -2.47. The molecule has 2 fully saturated rings. The summed E-state index contributed by atoms with van der Waals surface area (Å²) >= 11 is 4.81. The summed E-state index contributed by atoms with van der Waals surface area (Å²) in [6.45, 7) is 5.42. The fourth-order valence-corrected chi connectivity index (χ4v) is 5.16. The first-order chi connectivity index (χ1) is 18.8. The topological polar surface area (TPSA) is 82.6 Å². The van der Waals surface area contributed by atoms with E-state index in [9.17, 15) is 18.8 Å². The summed E-state index contributed by atoms with van der Waals surface area (Å²) < 4.78 is 25.1. The molecule has 1 aliphatic carbocycles. The minimum absolute atomic E-state index is 0.0229. The average molecular weight is 561 g/mol. The highest BCUT2D eigenvalue weighted by Gasteiger charge is 2.41. The molecule has 1 aromatic carbocycles. The number of halogens is 1. The quantitative estimate of drug-likeness (QED) is 0.314. The number of piperidine rings is 1. The van der Waals surface area contributed by atoms with Crippen LogP contribution in [0.5, 0.6) is 0 Å². The number of hydrogen-bond acceptors (Lipinski definition) is 9. The van der Waals surface area contributed by atoms with Crippen molar-refractivity contribution in [1.82, 2.24) is 20.0 Å². The Morgan fingerprint density at radius 1 is 1.10 bits per heavy atom. The number of carbonyl (C=O) groups is 3. The van der Waals surface area contributed by atoms with Crippen LogP contribution in [0, 0.1) is 11.7 Å². The number of ketones is 1. The second kappa shape index (κ2) is 13.5. The van der Waals surface area contributed by atoms with E-state index in [1.165, 1.54) is 11.1 Å². The number of benzene rings is 1. The molecule has 1 amide bonds. The molecule has 2 heterocycles. The van der Waals surface area contributed by atoms with E-state index in [0.717, 1.165) is 18.4 Å². The lowest BCUT2D eigenvalue weighted by atomic mass is 9.94. The first-order valence-electron chi connectivity index (χ1n) is 13.6. The molecule has 1 saturated heterocycles. The van der Waals surface area contributed by atoms with E-state index in [1.807, 2.05) is 11.1 Å². The molecule has 2 aliphatic heterocycles. The van der Waals surface area contributed by atoms with Crippen LogP contribution in [-0.4, -0.2) is 76.0 Å². The van der Waals surface area contributed by atoms with Crippen LogP contribution >= 0.6 is 12.6 Å². The Morgan fingerprint density at radius 2 is 1.85 bits per heavy atom. The van der Waals surface area contributed by atoms with Gasteiger partial charge in [0.1, 0.15) is 5.82 Å². The van der Waals surface area contributed by atoms with Crippen molar-refractivity contribution in [2.45, 2.75) is 57.2 Å². The highest BCUT2D eigenvalue weighted by molar-refractivity contribution is 7.81. The third kappa shape index (κ3) is 7.20. The summed E-state index contributed by atoms with van der Waals surface area (Å²) in [4.78, 5) is 39.9. The van der Waals surface area contributed by atoms with Crippen LogP contribution in [0.4, 0.5) is 9.18 Å². The Bertz CT molecular complexity index is 1110. The molecule has 2 unspecified atom stereocenters. The van der Waals surface area contributed by atoms with Gasteiger partial charge in [-0.25, -0.2) is 9.18 Å². The zero-order valence-corrected chi connectivity index (χ0v) is 23.4. The maximum atomic E-state index is 14.9. The maximum Gasteiger partial charge on any atom is 0.430 e. The molecule has 4 rings (SSSR count). The Balaban J connectivity index is 1.55. The number of hydrogen-bond donors (Lipinski definition) is 1. The Morgan fingerprint density at radius 3 is 2.54 bits per heavy atom. The molecule has 3 aliphatic rings. The van der Waals surface area contributed by atoms with Crippen molar-refractivity contribution in [3.63, 3.8) is 0 Å². The molecule has 0 bridgehead atoms.